The van der Waals surface area contributed by atoms with Crippen LogP contribution in [0.4, 0.5) is 13.2 Å². The highest BCUT2D eigenvalue weighted by atomic mass is 19.4. The van der Waals surface area contributed by atoms with Crippen LogP contribution in [0.1, 0.15) is 39.6 Å². The quantitative estimate of drug-likeness (QED) is 0.481. The Morgan fingerprint density at radius 3 is 2.31 bits per heavy atom. The van der Waals surface area contributed by atoms with E-state index >= 15 is 0 Å². The maximum atomic E-state index is 12.7. The van der Waals surface area contributed by atoms with Gasteiger partial charge < -0.3 is 24.6 Å². The third-order valence-electron chi connectivity index (χ3n) is 6.03. The fourth-order valence-corrected chi connectivity index (χ4v) is 4.02. The molecule has 0 heterocycles. The van der Waals surface area contributed by atoms with Crippen molar-refractivity contribution in [1.29, 1.82) is 0 Å². The summed E-state index contributed by atoms with van der Waals surface area (Å²) >= 11 is 0. The molecule has 0 aliphatic heterocycles. The number of hydrogen-bond donors (Lipinski definition) is 2. The van der Waals surface area contributed by atoms with Crippen molar-refractivity contribution in [3.05, 3.63) is 58.7 Å². The molecule has 3 unspecified atom stereocenters. The van der Waals surface area contributed by atoms with Crippen molar-refractivity contribution in [2.45, 2.75) is 32.5 Å². The van der Waals surface area contributed by atoms with Crippen LogP contribution in [0, 0.1) is 25.7 Å². The highest BCUT2D eigenvalue weighted by molar-refractivity contribution is 6.00. The molecule has 0 saturated heterocycles. The summed E-state index contributed by atoms with van der Waals surface area (Å²) < 4.78 is 42.3. The lowest BCUT2D eigenvalue weighted by atomic mass is 9.99. The molecule has 198 valence electrons. The van der Waals surface area contributed by atoms with Gasteiger partial charge in [0.05, 0.1) is 20.3 Å². The van der Waals surface area contributed by atoms with Crippen LogP contribution in [0.3, 0.4) is 0 Å². The van der Waals surface area contributed by atoms with E-state index in [4.69, 9.17) is 19.4 Å². The first-order valence-electron chi connectivity index (χ1n) is 11.3. The topological polar surface area (TPSA) is 96.3 Å². The van der Waals surface area contributed by atoms with Crippen molar-refractivity contribution in [1.82, 2.24) is 4.90 Å². The average molecular weight is 512 g/mol. The second kappa shape index (κ2) is 12.2. The van der Waals surface area contributed by atoms with Gasteiger partial charge in [-0.1, -0.05) is 12.1 Å². The minimum Gasteiger partial charge on any atom is -0.497 e. The minimum atomic E-state index is -5.08. The van der Waals surface area contributed by atoms with Gasteiger partial charge in [-0.15, -0.1) is 0 Å². The van der Waals surface area contributed by atoms with Gasteiger partial charge in [-0.25, -0.2) is 4.79 Å². The van der Waals surface area contributed by atoms with Gasteiger partial charge in [0.2, 0.25) is 0 Å². The number of ketones is 1. The maximum Gasteiger partial charge on any atom is 0.490 e. The van der Waals surface area contributed by atoms with Gasteiger partial charge in [0, 0.05) is 24.6 Å². The van der Waals surface area contributed by atoms with Crippen molar-refractivity contribution < 1.29 is 42.4 Å². The number of halogens is 3. The van der Waals surface area contributed by atoms with Gasteiger partial charge in [0.1, 0.15) is 11.5 Å². The molecule has 2 aromatic carbocycles. The van der Waals surface area contributed by atoms with Crippen molar-refractivity contribution >= 4 is 11.8 Å². The van der Waals surface area contributed by atoms with Crippen LogP contribution in [0.2, 0.25) is 0 Å². The van der Waals surface area contributed by atoms with Gasteiger partial charge in [-0.05, 0) is 74.2 Å². The minimum absolute atomic E-state index is 0.0617. The summed E-state index contributed by atoms with van der Waals surface area (Å²) in [5, 5.41) is 17.9. The van der Waals surface area contributed by atoms with E-state index in [1.54, 1.807) is 20.3 Å². The average Bonchev–Trinajstić information content (AvgIpc) is 3.58. The molecule has 3 rings (SSSR count). The highest BCUT2D eigenvalue weighted by Crippen LogP contribution is 2.42. The molecular weight excluding hydrogens is 479 g/mol. The molecule has 0 aromatic heterocycles. The lowest BCUT2D eigenvalue weighted by Crippen LogP contribution is -2.28. The number of ether oxygens (including phenoxy) is 2. The number of aliphatic hydroxyl groups excluding tert-OH is 1. The van der Waals surface area contributed by atoms with E-state index in [1.165, 1.54) is 0 Å². The molecule has 10 heteroatoms. The van der Waals surface area contributed by atoms with Crippen molar-refractivity contribution in [3.8, 4) is 11.5 Å². The number of carbonyl (C=O) groups is 2. The maximum absolute atomic E-state index is 12.7. The number of carboxylic acids is 1. The van der Waals surface area contributed by atoms with Crippen LogP contribution in [-0.2, 0) is 4.79 Å². The second-order valence-corrected chi connectivity index (χ2v) is 8.92. The smallest absolute Gasteiger partial charge is 0.490 e. The number of aryl methyl sites for hydroxylation is 2. The summed E-state index contributed by atoms with van der Waals surface area (Å²) in [7, 11) is 5.26. The fourth-order valence-electron chi connectivity index (χ4n) is 4.02. The molecule has 0 spiro atoms. The SMILES string of the molecule is COc1cccc(C(=O)C2CC2CN(C)CC(O)c2cc(C)c(OC)cc2C)c1.O=C(O)C(F)(F)F. The number of Topliss-reactive ketones (excluding diaryl/α,β-unsaturated/α-hetero) is 1. The summed E-state index contributed by atoms with van der Waals surface area (Å²) in [6.45, 7) is 5.30. The number of carboxylic acid groups (broad SMARTS) is 1. The van der Waals surface area contributed by atoms with Gasteiger partial charge >= 0.3 is 12.1 Å². The molecule has 1 aliphatic carbocycles. The molecular formula is C26H32F3NO6. The van der Waals surface area contributed by atoms with E-state index in [-0.39, 0.29) is 11.7 Å². The monoisotopic (exact) mass is 511 g/mol. The normalized spacial score (nSPS) is 17.6. The fraction of sp³-hybridized carbons (Fsp3) is 0.462. The zero-order valence-corrected chi connectivity index (χ0v) is 20.9. The van der Waals surface area contributed by atoms with Crippen molar-refractivity contribution in [2.24, 2.45) is 11.8 Å². The molecule has 0 radical (unpaired) electrons. The van der Waals surface area contributed by atoms with E-state index < -0.39 is 18.2 Å². The Kier molecular flexibility index (Phi) is 9.89. The first kappa shape index (κ1) is 29.1. The Hall–Kier alpha value is -3.11. The predicted octanol–water partition coefficient (Wildman–Crippen LogP) is 4.44. The number of rotatable bonds is 9. The number of hydrogen-bond acceptors (Lipinski definition) is 6. The van der Waals surface area contributed by atoms with Crippen LogP contribution in [0.15, 0.2) is 36.4 Å². The Bertz CT molecular complexity index is 1070. The number of aliphatic carboxylic acids is 1. The number of aliphatic hydroxyl groups is 1. The largest absolute Gasteiger partial charge is 0.497 e. The Morgan fingerprint density at radius 2 is 1.75 bits per heavy atom. The predicted molar refractivity (Wildman–Crippen MR) is 128 cm³/mol. The van der Waals surface area contributed by atoms with Crippen LogP contribution in [0.25, 0.3) is 0 Å². The zero-order valence-electron chi connectivity index (χ0n) is 20.9. The lowest BCUT2D eigenvalue weighted by molar-refractivity contribution is -0.192. The Labute approximate surface area is 208 Å². The molecule has 2 aromatic rings. The van der Waals surface area contributed by atoms with E-state index in [0.717, 1.165) is 35.4 Å². The summed E-state index contributed by atoms with van der Waals surface area (Å²) in [5.41, 5.74) is 3.67. The summed E-state index contributed by atoms with van der Waals surface area (Å²) in [6, 6.07) is 11.3. The van der Waals surface area contributed by atoms with Crippen molar-refractivity contribution in [3.63, 3.8) is 0 Å². The molecule has 7 nitrogen and oxygen atoms in total. The van der Waals surface area contributed by atoms with Gasteiger partial charge in [-0.2, -0.15) is 13.2 Å². The standard InChI is InChI=1S/C24H31NO4.C2HF3O2/c1-15-10-23(29-5)16(2)9-20(15)22(26)14-25(3)13-18-12-21(18)24(27)17-7-6-8-19(11-17)28-4;3-2(4,5)1(6)7/h6-11,18,21-22,26H,12-14H2,1-5H3;(H,6,7). The van der Waals surface area contributed by atoms with Gasteiger partial charge in [0.15, 0.2) is 5.78 Å². The Balaban J connectivity index is 0.000000572. The summed E-state index contributed by atoms with van der Waals surface area (Å²) in [6.07, 6.45) is -4.76. The Morgan fingerprint density at radius 1 is 1.11 bits per heavy atom. The molecule has 2 N–H and O–H groups in total. The zero-order chi connectivity index (χ0) is 27.2. The number of alkyl halides is 3. The van der Waals surface area contributed by atoms with E-state index in [1.807, 2.05) is 51.2 Å². The van der Waals surface area contributed by atoms with Crippen molar-refractivity contribution in [2.75, 3.05) is 34.4 Å². The van der Waals surface area contributed by atoms with E-state index in [2.05, 4.69) is 4.90 Å². The summed E-state index contributed by atoms with van der Waals surface area (Å²) in [4.78, 5) is 23.7. The van der Waals surface area contributed by atoms with Gasteiger partial charge in [-0.3, -0.25) is 4.79 Å². The number of nitrogens with zero attached hydrogens (tertiary/aromatic N) is 1. The number of methoxy groups -OCH3 is 2. The molecule has 1 fully saturated rings. The van der Waals surface area contributed by atoms with Gasteiger partial charge in [0.25, 0.3) is 0 Å². The number of likely N-dealkylation sites (N-methyl/N-ethyl adjacent to an activating group) is 1. The molecule has 0 bridgehead atoms. The molecule has 36 heavy (non-hydrogen) atoms. The van der Waals surface area contributed by atoms with E-state index in [0.29, 0.717) is 23.8 Å². The van der Waals surface area contributed by atoms with Crippen LogP contribution >= 0.6 is 0 Å². The van der Waals surface area contributed by atoms with E-state index in [9.17, 15) is 23.1 Å². The second-order valence-electron chi connectivity index (χ2n) is 8.92. The third kappa shape index (κ3) is 7.96. The molecule has 3 atom stereocenters. The number of carbonyl (C=O) groups excluding carboxylic acids is 1. The third-order valence-corrected chi connectivity index (χ3v) is 6.03. The highest BCUT2D eigenvalue weighted by Gasteiger charge is 2.43. The first-order chi connectivity index (χ1) is 16.8. The lowest BCUT2D eigenvalue weighted by Gasteiger charge is -2.23. The van der Waals surface area contributed by atoms with Crippen LogP contribution < -0.4 is 9.47 Å². The molecule has 1 saturated carbocycles. The van der Waals surface area contributed by atoms with Crippen LogP contribution in [0.5, 0.6) is 11.5 Å². The summed E-state index contributed by atoms with van der Waals surface area (Å²) in [5.74, 6) is -0.629. The first-order valence-corrected chi connectivity index (χ1v) is 11.3. The molecule has 1 aliphatic rings. The molecule has 0 amide bonds. The number of benzene rings is 2. The van der Waals surface area contributed by atoms with Crippen LogP contribution in [-0.4, -0.2) is 67.4 Å².